The number of nitrogens with zero attached hydrogens (tertiary/aromatic N) is 2. The van der Waals surface area contributed by atoms with Gasteiger partial charge in [-0.05, 0) is 30.3 Å². The largest absolute Gasteiger partial charge is 0.478 e. The van der Waals surface area contributed by atoms with Crippen LogP contribution >= 0.6 is 0 Å². The number of hydrogen-bond donors (Lipinski definition) is 1. The number of benzene rings is 1. The van der Waals surface area contributed by atoms with Gasteiger partial charge in [0.05, 0.1) is 5.56 Å². The lowest BCUT2D eigenvalue weighted by Crippen LogP contribution is -2.00. The van der Waals surface area contributed by atoms with Crippen LogP contribution in [-0.4, -0.2) is 21.0 Å². The Bertz CT molecular complexity index is 790. The molecule has 0 saturated carbocycles. The first kappa shape index (κ1) is 13.8. The van der Waals surface area contributed by atoms with Crippen molar-refractivity contribution < 1.29 is 14.6 Å². The lowest BCUT2D eigenvalue weighted by atomic mass is 10.1. The monoisotopic (exact) mass is 292 g/mol. The van der Waals surface area contributed by atoms with E-state index >= 15 is 0 Å². The molecule has 2 aromatic heterocycles. The molecule has 0 aliphatic heterocycles. The molecule has 3 aromatic rings. The van der Waals surface area contributed by atoms with Crippen LogP contribution in [0.3, 0.4) is 0 Å². The molecule has 0 spiro atoms. The molecule has 0 fully saturated rings. The number of carbonyl (C=O) groups is 1. The summed E-state index contributed by atoms with van der Waals surface area (Å²) in [6, 6.07) is 14.2. The first-order chi connectivity index (χ1) is 10.7. The van der Waals surface area contributed by atoms with Crippen molar-refractivity contribution in [3.63, 3.8) is 0 Å². The van der Waals surface area contributed by atoms with Gasteiger partial charge in [0.2, 0.25) is 0 Å². The number of rotatable bonds is 4. The van der Waals surface area contributed by atoms with Crippen molar-refractivity contribution in [1.82, 2.24) is 9.97 Å². The number of pyridine rings is 2. The Hall–Kier alpha value is -3.21. The number of para-hydroxylation sites is 1. The van der Waals surface area contributed by atoms with Crippen LogP contribution in [0.15, 0.2) is 67.1 Å². The summed E-state index contributed by atoms with van der Waals surface area (Å²) >= 11 is 0. The fraction of sp³-hybridized carbons (Fsp3) is 0. The molecule has 0 saturated heterocycles. The average Bonchev–Trinajstić information content (AvgIpc) is 2.56. The topological polar surface area (TPSA) is 72.3 Å². The third-order valence-electron chi connectivity index (χ3n) is 3.01. The fourth-order valence-corrected chi connectivity index (χ4v) is 1.97. The van der Waals surface area contributed by atoms with Crippen LogP contribution in [0, 0.1) is 0 Å². The first-order valence-corrected chi connectivity index (χ1v) is 6.60. The molecule has 3 rings (SSSR count). The average molecular weight is 292 g/mol. The van der Waals surface area contributed by atoms with E-state index in [1.807, 2.05) is 24.3 Å². The summed E-state index contributed by atoms with van der Waals surface area (Å²) in [5.41, 5.74) is 1.37. The predicted octanol–water partition coefficient (Wildman–Crippen LogP) is 3.63. The maximum atomic E-state index is 11.1. The molecular formula is C17H12N2O3. The lowest BCUT2D eigenvalue weighted by molar-refractivity contribution is 0.0696. The SMILES string of the molecule is O=C(O)c1cnc(-c2cccnc2)c(Oc2ccccc2)c1. The summed E-state index contributed by atoms with van der Waals surface area (Å²) in [5, 5.41) is 9.13. The van der Waals surface area contributed by atoms with E-state index in [1.54, 1.807) is 30.6 Å². The van der Waals surface area contributed by atoms with Crippen LogP contribution in [0.4, 0.5) is 0 Å². The molecule has 0 atom stereocenters. The minimum absolute atomic E-state index is 0.0681. The molecule has 2 heterocycles. The van der Waals surface area contributed by atoms with Gasteiger partial charge in [-0.3, -0.25) is 9.97 Å². The number of hydrogen-bond acceptors (Lipinski definition) is 4. The molecule has 0 bridgehead atoms. The zero-order valence-corrected chi connectivity index (χ0v) is 11.5. The molecule has 0 unspecified atom stereocenters. The van der Waals surface area contributed by atoms with Crippen LogP contribution in [-0.2, 0) is 0 Å². The number of aromatic nitrogens is 2. The first-order valence-electron chi connectivity index (χ1n) is 6.60. The van der Waals surface area contributed by atoms with Crippen molar-refractivity contribution in [3.8, 4) is 22.8 Å². The van der Waals surface area contributed by atoms with E-state index < -0.39 is 5.97 Å². The molecule has 1 aromatic carbocycles. The third kappa shape index (κ3) is 2.93. The van der Waals surface area contributed by atoms with Crippen LogP contribution in [0.5, 0.6) is 11.5 Å². The van der Waals surface area contributed by atoms with E-state index in [0.717, 1.165) is 5.56 Å². The van der Waals surface area contributed by atoms with Gasteiger partial charge in [0.1, 0.15) is 11.4 Å². The van der Waals surface area contributed by atoms with E-state index in [2.05, 4.69) is 9.97 Å². The molecular weight excluding hydrogens is 280 g/mol. The van der Waals surface area contributed by atoms with Crippen LogP contribution in [0.2, 0.25) is 0 Å². The number of carboxylic acid groups (broad SMARTS) is 1. The number of carboxylic acids is 1. The van der Waals surface area contributed by atoms with Crippen molar-refractivity contribution in [1.29, 1.82) is 0 Å². The maximum absolute atomic E-state index is 11.1. The Morgan fingerprint density at radius 3 is 2.55 bits per heavy atom. The van der Waals surface area contributed by atoms with Gasteiger partial charge in [-0.15, -0.1) is 0 Å². The van der Waals surface area contributed by atoms with E-state index in [9.17, 15) is 4.79 Å². The Morgan fingerprint density at radius 1 is 1.05 bits per heavy atom. The highest BCUT2D eigenvalue weighted by molar-refractivity contribution is 5.88. The molecule has 0 radical (unpaired) electrons. The molecule has 0 amide bonds. The molecule has 5 heteroatoms. The quantitative estimate of drug-likeness (QED) is 0.795. The van der Waals surface area contributed by atoms with Crippen LogP contribution in [0.25, 0.3) is 11.3 Å². The molecule has 0 aliphatic rings. The van der Waals surface area contributed by atoms with Gasteiger partial charge < -0.3 is 9.84 Å². The van der Waals surface area contributed by atoms with Gasteiger partial charge in [-0.25, -0.2) is 4.79 Å². The number of ether oxygens (including phenoxy) is 1. The van der Waals surface area contributed by atoms with Crippen molar-refractivity contribution in [2.75, 3.05) is 0 Å². The Labute approximate surface area is 126 Å². The second kappa shape index (κ2) is 6.05. The zero-order chi connectivity index (χ0) is 15.4. The van der Waals surface area contributed by atoms with E-state index in [1.165, 1.54) is 12.3 Å². The molecule has 1 N–H and O–H groups in total. The lowest BCUT2D eigenvalue weighted by Gasteiger charge is -2.11. The predicted molar refractivity (Wildman–Crippen MR) is 80.9 cm³/mol. The summed E-state index contributed by atoms with van der Waals surface area (Å²) in [5.74, 6) is -0.0702. The smallest absolute Gasteiger partial charge is 0.337 e. The molecule has 22 heavy (non-hydrogen) atoms. The fourth-order valence-electron chi connectivity index (χ4n) is 1.97. The Morgan fingerprint density at radius 2 is 1.86 bits per heavy atom. The van der Waals surface area contributed by atoms with Gasteiger partial charge in [0.25, 0.3) is 0 Å². The maximum Gasteiger partial charge on any atom is 0.337 e. The normalized spacial score (nSPS) is 10.2. The summed E-state index contributed by atoms with van der Waals surface area (Å²) in [6.45, 7) is 0. The highest BCUT2D eigenvalue weighted by Gasteiger charge is 2.13. The van der Waals surface area contributed by atoms with Gasteiger partial charge in [0.15, 0.2) is 5.75 Å². The third-order valence-corrected chi connectivity index (χ3v) is 3.01. The second-order valence-corrected chi connectivity index (χ2v) is 4.53. The van der Waals surface area contributed by atoms with Crippen molar-refractivity contribution in [3.05, 3.63) is 72.7 Å². The van der Waals surface area contributed by atoms with Crippen molar-refractivity contribution in [2.45, 2.75) is 0 Å². The second-order valence-electron chi connectivity index (χ2n) is 4.53. The van der Waals surface area contributed by atoms with Crippen molar-refractivity contribution in [2.24, 2.45) is 0 Å². The molecule has 5 nitrogen and oxygen atoms in total. The van der Waals surface area contributed by atoms with E-state index in [4.69, 9.17) is 9.84 Å². The standard InChI is InChI=1S/C17H12N2O3/c20-17(21)13-9-15(22-14-6-2-1-3-7-14)16(19-11-13)12-5-4-8-18-10-12/h1-11H,(H,20,21). The molecule has 0 aliphatic carbocycles. The summed E-state index contributed by atoms with van der Waals surface area (Å²) in [4.78, 5) is 19.4. The Kier molecular flexibility index (Phi) is 3.78. The molecule has 108 valence electrons. The number of aromatic carboxylic acids is 1. The summed E-state index contributed by atoms with van der Waals surface area (Å²) in [6.07, 6.45) is 4.62. The highest BCUT2D eigenvalue weighted by Crippen LogP contribution is 2.31. The zero-order valence-electron chi connectivity index (χ0n) is 11.5. The van der Waals surface area contributed by atoms with Gasteiger partial charge in [-0.1, -0.05) is 18.2 Å². The van der Waals surface area contributed by atoms with E-state index in [-0.39, 0.29) is 5.56 Å². The Balaban J connectivity index is 2.07. The summed E-state index contributed by atoms with van der Waals surface area (Å²) < 4.78 is 5.80. The van der Waals surface area contributed by atoms with Gasteiger partial charge >= 0.3 is 5.97 Å². The van der Waals surface area contributed by atoms with Crippen LogP contribution < -0.4 is 4.74 Å². The highest BCUT2D eigenvalue weighted by atomic mass is 16.5. The van der Waals surface area contributed by atoms with Gasteiger partial charge in [0, 0.05) is 24.2 Å². The van der Waals surface area contributed by atoms with E-state index in [0.29, 0.717) is 17.2 Å². The summed E-state index contributed by atoms with van der Waals surface area (Å²) in [7, 11) is 0. The minimum Gasteiger partial charge on any atom is -0.478 e. The van der Waals surface area contributed by atoms with Gasteiger partial charge in [-0.2, -0.15) is 0 Å². The van der Waals surface area contributed by atoms with Crippen molar-refractivity contribution >= 4 is 5.97 Å². The minimum atomic E-state index is -1.05. The van der Waals surface area contributed by atoms with Crippen LogP contribution in [0.1, 0.15) is 10.4 Å².